The smallest absolute Gasteiger partial charge is 0.253 e. The van der Waals surface area contributed by atoms with Crippen molar-refractivity contribution in [3.8, 4) is 0 Å². The van der Waals surface area contributed by atoms with Crippen LogP contribution >= 0.6 is 15.9 Å². The quantitative estimate of drug-likeness (QED) is 0.618. The number of amides is 2. The Hall–Kier alpha value is -2.67. The molecular weight excluding hydrogens is 432 g/mol. The third-order valence-corrected chi connectivity index (χ3v) is 5.87. The van der Waals surface area contributed by atoms with E-state index in [1.807, 2.05) is 53.4 Å². The first-order valence-corrected chi connectivity index (χ1v) is 10.7. The Morgan fingerprint density at radius 1 is 1.10 bits per heavy atom. The van der Waals surface area contributed by atoms with Crippen LogP contribution in [0.15, 0.2) is 53.0 Å². The minimum atomic E-state index is -0.0420. The highest BCUT2D eigenvalue weighted by Crippen LogP contribution is 2.20. The molecule has 4 rings (SSSR count). The Bertz CT molecular complexity index is 974. The highest BCUT2D eigenvalue weighted by molar-refractivity contribution is 9.10. The normalized spacial score (nSPS) is 14.9. The van der Waals surface area contributed by atoms with Crippen molar-refractivity contribution in [2.24, 2.45) is 5.92 Å². The van der Waals surface area contributed by atoms with E-state index in [4.69, 9.17) is 0 Å². The molecule has 0 radical (unpaired) electrons. The van der Waals surface area contributed by atoms with Gasteiger partial charge in [-0.1, -0.05) is 28.1 Å². The van der Waals surface area contributed by atoms with Crippen LogP contribution in [0.3, 0.4) is 0 Å². The lowest BCUT2D eigenvalue weighted by Gasteiger charge is -2.31. The number of fused-ring (bicyclic) bond motifs is 1. The second-order valence-electron chi connectivity index (χ2n) is 7.32. The van der Waals surface area contributed by atoms with E-state index in [9.17, 15) is 9.59 Å². The third kappa shape index (κ3) is 4.67. The summed E-state index contributed by atoms with van der Waals surface area (Å²) < 4.78 is 0.951. The number of H-pyrrole nitrogens is 1. The first-order chi connectivity index (χ1) is 14.1. The number of carbonyl (C=O) groups excluding carboxylic acids is 2. The molecule has 1 fully saturated rings. The summed E-state index contributed by atoms with van der Waals surface area (Å²) in [6.07, 6.45) is 2.05. The number of carbonyl (C=O) groups is 2. The Labute approximate surface area is 177 Å². The molecule has 1 aliphatic heterocycles. The molecule has 7 heteroatoms. The summed E-state index contributed by atoms with van der Waals surface area (Å²) in [5, 5.41) is 3.02. The maximum absolute atomic E-state index is 12.6. The van der Waals surface area contributed by atoms with Gasteiger partial charge in [-0.3, -0.25) is 9.59 Å². The van der Waals surface area contributed by atoms with Crippen molar-refractivity contribution < 1.29 is 9.59 Å². The Morgan fingerprint density at radius 3 is 2.55 bits per heavy atom. The average molecular weight is 455 g/mol. The summed E-state index contributed by atoms with van der Waals surface area (Å²) in [7, 11) is 0. The molecule has 150 valence electrons. The van der Waals surface area contributed by atoms with Crippen LogP contribution in [-0.4, -0.2) is 46.3 Å². The fourth-order valence-corrected chi connectivity index (χ4v) is 3.96. The Balaban J connectivity index is 1.23. The van der Waals surface area contributed by atoms with Gasteiger partial charge in [0.1, 0.15) is 5.82 Å². The minimum absolute atomic E-state index is 0.0289. The average Bonchev–Trinajstić information content (AvgIpc) is 3.16. The van der Waals surface area contributed by atoms with Gasteiger partial charge >= 0.3 is 0 Å². The number of nitrogens with one attached hydrogen (secondary N) is 2. The first kappa shape index (κ1) is 19.6. The highest BCUT2D eigenvalue weighted by Gasteiger charge is 2.27. The Morgan fingerprint density at radius 2 is 1.83 bits per heavy atom. The van der Waals surface area contributed by atoms with Crippen LogP contribution < -0.4 is 5.32 Å². The van der Waals surface area contributed by atoms with E-state index in [2.05, 4.69) is 31.2 Å². The summed E-state index contributed by atoms with van der Waals surface area (Å²) >= 11 is 3.38. The summed E-state index contributed by atoms with van der Waals surface area (Å²) in [4.78, 5) is 34.7. The third-order valence-electron chi connectivity index (χ3n) is 5.34. The van der Waals surface area contributed by atoms with Gasteiger partial charge in [-0.25, -0.2) is 4.98 Å². The van der Waals surface area contributed by atoms with Crippen molar-refractivity contribution in [1.29, 1.82) is 0 Å². The topological polar surface area (TPSA) is 78.1 Å². The van der Waals surface area contributed by atoms with E-state index in [0.29, 0.717) is 44.5 Å². The molecule has 0 spiro atoms. The lowest BCUT2D eigenvalue weighted by atomic mass is 9.95. The van der Waals surface area contributed by atoms with Gasteiger partial charge in [0.05, 0.1) is 11.0 Å². The molecule has 1 saturated heterocycles. The zero-order chi connectivity index (χ0) is 20.2. The zero-order valence-electron chi connectivity index (χ0n) is 16.0. The molecule has 2 heterocycles. The number of likely N-dealkylation sites (tertiary alicyclic amines) is 1. The highest BCUT2D eigenvalue weighted by atomic mass is 79.9. The number of nitrogens with zero attached hydrogens (tertiary/aromatic N) is 2. The van der Waals surface area contributed by atoms with Crippen molar-refractivity contribution in [2.75, 3.05) is 19.6 Å². The monoisotopic (exact) mass is 454 g/mol. The predicted molar refractivity (Wildman–Crippen MR) is 116 cm³/mol. The number of para-hydroxylation sites is 2. The fraction of sp³-hybridized carbons (Fsp3) is 0.318. The molecule has 6 nitrogen and oxygen atoms in total. The summed E-state index contributed by atoms with van der Waals surface area (Å²) in [6.45, 7) is 1.77. The maximum atomic E-state index is 12.6. The SMILES string of the molecule is O=C(NCCc1nc2ccccc2[nH]1)C1CCN(C(=O)c2ccc(Br)cc2)CC1. The van der Waals surface area contributed by atoms with Gasteiger partial charge in [0.2, 0.25) is 5.91 Å². The van der Waals surface area contributed by atoms with E-state index in [1.165, 1.54) is 0 Å². The molecule has 0 aliphatic carbocycles. The van der Waals surface area contributed by atoms with E-state index in [0.717, 1.165) is 21.3 Å². The van der Waals surface area contributed by atoms with Crippen LogP contribution in [0.4, 0.5) is 0 Å². The van der Waals surface area contributed by atoms with E-state index in [-0.39, 0.29) is 17.7 Å². The number of aromatic amines is 1. The van der Waals surface area contributed by atoms with Crippen molar-refractivity contribution in [1.82, 2.24) is 20.2 Å². The van der Waals surface area contributed by atoms with Crippen molar-refractivity contribution in [3.05, 3.63) is 64.4 Å². The van der Waals surface area contributed by atoms with Crippen molar-refractivity contribution in [3.63, 3.8) is 0 Å². The Kier molecular flexibility index (Phi) is 5.94. The molecule has 29 heavy (non-hydrogen) atoms. The van der Waals surface area contributed by atoms with E-state index >= 15 is 0 Å². The summed E-state index contributed by atoms with van der Waals surface area (Å²) in [5.74, 6) is 0.930. The molecule has 3 aromatic rings. The van der Waals surface area contributed by atoms with Crippen molar-refractivity contribution in [2.45, 2.75) is 19.3 Å². The van der Waals surface area contributed by atoms with Crippen LogP contribution in [0.25, 0.3) is 11.0 Å². The maximum Gasteiger partial charge on any atom is 0.253 e. The first-order valence-electron chi connectivity index (χ1n) is 9.86. The van der Waals surface area contributed by atoms with E-state index < -0.39 is 0 Å². The van der Waals surface area contributed by atoms with Gasteiger partial charge < -0.3 is 15.2 Å². The number of rotatable bonds is 5. The molecular formula is C22H23BrN4O2. The number of piperidine rings is 1. The number of aromatic nitrogens is 2. The molecule has 0 atom stereocenters. The standard InChI is InChI=1S/C22H23BrN4O2/c23-17-7-5-16(6-8-17)22(29)27-13-10-15(11-14-27)21(28)24-12-9-20-25-18-3-1-2-4-19(18)26-20/h1-8,15H,9-14H2,(H,24,28)(H,25,26). The van der Waals surface area contributed by atoms with Gasteiger partial charge in [-0.2, -0.15) is 0 Å². The van der Waals surface area contributed by atoms with Crippen LogP contribution in [-0.2, 0) is 11.2 Å². The number of halogens is 1. The zero-order valence-corrected chi connectivity index (χ0v) is 17.6. The van der Waals surface area contributed by atoms with Crippen LogP contribution in [0.5, 0.6) is 0 Å². The van der Waals surface area contributed by atoms with Crippen LogP contribution in [0.1, 0.15) is 29.0 Å². The van der Waals surface area contributed by atoms with Crippen LogP contribution in [0.2, 0.25) is 0 Å². The van der Waals surface area contributed by atoms with Gasteiger partial charge in [0, 0.05) is 42.0 Å². The molecule has 2 N–H and O–H groups in total. The van der Waals surface area contributed by atoms with E-state index in [1.54, 1.807) is 0 Å². The molecule has 2 aromatic carbocycles. The molecule has 1 aliphatic rings. The minimum Gasteiger partial charge on any atom is -0.355 e. The lowest BCUT2D eigenvalue weighted by Crippen LogP contribution is -2.43. The molecule has 1 aromatic heterocycles. The van der Waals surface area contributed by atoms with Gasteiger partial charge in [-0.15, -0.1) is 0 Å². The largest absolute Gasteiger partial charge is 0.355 e. The van der Waals surface area contributed by atoms with Gasteiger partial charge in [0.25, 0.3) is 5.91 Å². The second kappa shape index (κ2) is 8.78. The predicted octanol–water partition coefficient (Wildman–Crippen LogP) is 3.54. The number of hydrogen-bond acceptors (Lipinski definition) is 3. The number of benzene rings is 2. The molecule has 0 bridgehead atoms. The summed E-state index contributed by atoms with van der Waals surface area (Å²) in [6, 6.07) is 15.3. The van der Waals surface area contributed by atoms with Gasteiger partial charge in [-0.05, 0) is 49.2 Å². The number of hydrogen-bond donors (Lipinski definition) is 2. The second-order valence-corrected chi connectivity index (χ2v) is 8.23. The molecule has 0 saturated carbocycles. The van der Waals surface area contributed by atoms with Crippen LogP contribution in [0, 0.1) is 5.92 Å². The van der Waals surface area contributed by atoms with Crippen molar-refractivity contribution >= 4 is 38.8 Å². The molecule has 0 unspecified atom stereocenters. The summed E-state index contributed by atoms with van der Waals surface area (Å²) in [5.41, 5.74) is 2.63. The number of imidazole rings is 1. The molecule has 2 amide bonds. The fourth-order valence-electron chi connectivity index (χ4n) is 3.69. The van der Waals surface area contributed by atoms with Gasteiger partial charge in [0.15, 0.2) is 0 Å². The lowest BCUT2D eigenvalue weighted by molar-refractivity contribution is -0.126.